The van der Waals surface area contributed by atoms with Gasteiger partial charge in [-0.1, -0.05) is 43.3 Å². The van der Waals surface area contributed by atoms with Gasteiger partial charge in [-0.3, -0.25) is 0 Å². The normalized spacial score (nSPS) is 10.5. The summed E-state index contributed by atoms with van der Waals surface area (Å²) in [6.45, 7) is 4.12. The maximum atomic E-state index is 13.5. The quantitative estimate of drug-likeness (QED) is 0.772. The van der Waals surface area contributed by atoms with E-state index >= 15 is 0 Å². The van der Waals surface area contributed by atoms with Gasteiger partial charge in [0.1, 0.15) is 18.2 Å². The van der Waals surface area contributed by atoms with Crippen molar-refractivity contribution in [3.05, 3.63) is 65.5 Å². The molecular weight excluding hydrogens is 253 g/mol. The Morgan fingerprint density at radius 3 is 2.45 bits per heavy atom. The van der Waals surface area contributed by atoms with Gasteiger partial charge in [0.05, 0.1) is 0 Å². The summed E-state index contributed by atoms with van der Waals surface area (Å²) in [5.74, 6) is 0.577. The molecule has 0 atom stereocenters. The first-order chi connectivity index (χ1) is 9.81. The Morgan fingerprint density at radius 2 is 1.70 bits per heavy atom. The van der Waals surface area contributed by atoms with Crippen LogP contribution in [0.3, 0.4) is 0 Å². The first kappa shape index (κ1) is 14.5. The van der Waals surface area contributed by atoms with E-state index in [0.29, 0.717) is 5.56 Å². The Labute approximate surface area is 119 Å². The van der Waals surface area contributed by atoms with E-state index in [2.05, 4.69) is 12.2 Å². The van der Waals surface area contributed by atoms with Gasteiger partial charge in [-0.2, -0.15) is 0 Å². The Balaban J connectivity index is 2.00. The minimum Gasteiger partial charge on any atom is -0.488 e. The predicted octanol–water partition coefficient (Wildman–Crippen LogP) is 3.90. The van der Waals surface area contributed by atoms with Crippen molar-refractivity contribution in [2.45, 2.75) is 26.5 Å². The molecule has 0 amide bonds. The molecule has 0 aromatic heterocycles. The van der Waals surface area contributed by atoms with Crippen LogP contribution in [0.4, 0.5) is 4.39 Å². The van der Waals surface area contributed by atoms with Crippen LogP contribution in [0.1, 0.15) is 24.5 Å². The summed E-state index contributed by atoms with van der Waals surface area (Å²) < 4.78 is 19.3. The average Bonchev–Trinajstić information content (AvgIpc) is 2.48. The van der Waals surface area contributed by atoms with Crippen molar-refractivity contribution >= 4 is 0 Å². The molecule has 106 valence electrons. The van der Waals surface area contributed by atoms with E-state index in [0.717, 1.165) is 30.8 Å². The summed E-state index contributed by atoms with van der Waals surface area (Å²) in [6, 6.07) is 14.6. The second-order valence-corrected chi connectivity index (χ2v) is 4.66. The van der Waals surface area contributed by atoms with E-state index in [1.54, 1.807) is 12.1 Å². The number of para-hydroxylation sites is 1. The van der Waals surface area contributed by atoms with Gasteiger partial charge < -0.3 is 10.1 Å². The SMILES string of the molecule is CCCNCc1ccccc1OCc1ccccc1F. The number of halogens is 1. The fourth-order valence-corrected chi connectivity index (χ4v) is 1.96. The van der Waals surface area contributed by atoms with Crippen LogP contribution in [0.25, 0.3) is 0 Å². The smallest absolute Gasteiger partial charge is 0.129 e. The zero-order chi connectivity index (χ0) is 14.2. The maximum Gasteiger partial charge on any atom is 0.129 e. The van der Waals surface area contributed by atoms with Gasteiger partial charge in [0.25, 0.3) is 0 Å². The molecule has 2 rings (SSSR count). The van der Waals surface area contributed by atoms with Gasteiger partial charge in [0.15, 0.2) is 0 Å². The average molecular weight is 273 g/mol. The highest BCUT2D eigenvalue weighted by atomic mass is 19.1. The van der Waals surface area contributed by atoms with Crippen molar-refractivity contribution in [1.82, 2.24) is 5.32 Å². The first-order valence-electron chi connectivity index (χ1n) is 6.96. The third kappa shape index (κ3) is 4.07. The lowest BCUT2D eigenvalue weighted by molar-refractivity contribution is 0.296. The fraction of sp³-hybridized carbons (Fsp3) is 0.294. The van der Waals surface area contributed by atoms with Crippen molar-refractivity contribution in [3.8, 4) is 5.75 Å². The summed E-state index contributed by atoms with van der Waals surface area (Å²) in [7, 11) is 0. The van der Waals surface area contributed by atoms with Crippen molar-refractivity contribution in [2.24, 2.45) is 0 Å². The first-order valence-corrected chi connectivity index (χ1v) is 6.96. The minimum absolute atomic E-state index is 0.228. The van der Waals surface area contributed by atoms with Crippen molar-refractivity contribution < 1.29 is 9.13 Å². The standard InChI is InChI=1S/C17H20FNO/c1-2-11-19-12-14-7-4-6-10-17(14)20-13-15-8-3-5-9-16(15)18/h3-10,19H,2,11-13H2,1H3. The van der Waals surface area contributed by atoms with E-state index in [-0.39, 0.29) is 12.4 Å². The molecule has 0 aliphatic heterocycles. The van der Waals surface area contributed by atoms with Gasteiger partial charge in [-0.05, 0) is 25.1 Å². The predicted molar refractivity (Wildman–Crippen MR) is 79.2 cm³/mol. The molecule has 0 unspecified atom stereocenters. The molecule has 3 heteroatoms. The molecule has 2 nitrogen and oxygen atoms in total. The lowest BCUT2D eigenvalue weighted by Crippen LogP contribution is -2.14. The molecule has 2 aromatic rings. The minimum atomic E-state index is -0.228. The molecule has 0 fully saturated rings. The molecule has 0 aliphatic rings. The lowest BCUT2D eigenvalue weighted by Gasteiger charge is -2.12. The molecule has 0 aliphatic carbocycles. The number of nitrogens with one attached hydrogen (secondary N) is 1. The molecule has 20 heavy (non-hydrogen) atoms. The van der Waals surface area contributed by atoms with Crippen LogP contribution >= 0.6 is 0 Å². The Morgan fingerprint density at radius 1 is 1.00 bits per heavy atom. The molecule has 0 bridgehead atoms. The van der Waals surface area contributed by atoms with Crippen LogP contribution in [-0.2, 0) is 13.2 Å². The van der Waals surface area contributed by atoms with Crippen LogP contribution in [0.15, 0.2) is 48.5 Å². The zero-order valence-electron chi connectivity index (χ0n) is 11.7. The van der Waals surface area contributed by atoms with Crippen LogP contribution in [0, 0.1) is 5.82 Å². The number of rotatable bonds is 7. The maximum absolute atomic E-state index is 13.5. The molecule has 0 saturated carbocycles. The van der Waals surface area contributed by atoms with Gasteiger partial charge in [0, 0.05) is 17.7 Å². The largest absolute Gasteiger partial charge is 0.488 e. The van der Waals surface area contributed by atoms with Gasteiger partial charge in [-0.15, -0.1) is 0 Å². The van der Waals surface area contributed by atoms with Crippen molar-refractivity contribution in [2.75, 3.05) is 6.54 Å². The summed E-state index contributed by atoms with van der Waals surface area (Å²) >= 11 is 0. The summed E-state index contributed by atoms with van der Waals surface area (Å²) in [4.78, 5) is 0. The monoisotopic (exact) mass is 273 g/mol. The lowest BCUT2D eigenvalue weighted by atomic mass is 10.2. The summed E-state index contributed by atoms with van der Waals surface area (Å²) in [5.41, 5.74) is 1.67. The molecule has 0 radical (unpaired) electrons. The van der Waals surface area contributed by atoms with Gasteiger partial charge in [-0.25, -0.2) is 4.39 Å². The Kier molecular flexibility index (Phi) is 5.56. The van der Waals surface area contributed by atoms with Crippen LogP contribution < -0.4 is 10.1 Å². The third-order valence-corrected chi connectivity index (χ3v) is 3.06. The summed E-state index contributed by atoms with van der Waals surface area (Å²) in [6.07, 6.45) is 1.10. The topological polar surface area (TPSA) is 21.3 Å². The third-order valence-electron chi connectivity index (χ3n) is 3.06. The van der Waals surface area contributed by atoms with E-state index in [1.807, 2.05) is 30.3 Å². The highest BCUT2D eigenvalue weighted by Gasteiger charge is 2.05. The van der Waals surface area contributed by atoms with Gasteiger partial charge >= 0.3 is 0 Å². The van der Waals surface area contributed by atoms with Gasteiger partial charge in [0.2, 0.25) is 0 Å². The Hall–Kier alpha value is -1.87. The van der Waals surface area contributed by atoms with Crippen molar-refractivity contribution in [3.63, 3.8) is 0 Å². The molecule has 1 N–H and O–H groups in total. The highest BCUT2D eigenvalue weighted by Crippen LogP contribution is 2.19. The van der Waals surface area contributed by atoms with E-state index < -0.39 is 0 Å². The highest BCUT2D eigenvalue weighted by molar-refractivity contribution is 5.33. The fourth-order valence-electron chi connectivity index (χ4n) is 1.96. The molecule has 2 aromatic carbocycles. The number of hydrogen-bond acceptors (Lipinski definition) is 2. The second kappa shape index (κ2) is 7.65. The zero-order valence-corrected chi connectivity index (χ0v) is 11.7. The van der Waals surface area contributed by atoms with E-state index in [1.165, 1.54) is 6.07 Å². The number of hydrogen-bond donors (Lipinski definition) is 1. The molecule has 0 spiro atoms. The summed E-state index contributed by atoms with van der Waals surface area (Å²) in [5, 5.41) is 3.35. The van der Waals surface area contributed by atoms with Crippen molar-refractivity contribution in [1.29, 1.82) is 0 Å². The second-order valence-electron chi connectivity index (χ2n) is 4.66. The van der Waals surface area contributed by atoms with E-state index in [4.69, 9.17) is 4.74 Å². The van der Waals surface area contributed by atoms with Crippen LogP contribution in [0.5, 0.6) is 5.75 Å². The molecule has 0 heterocycles. The number of benzene rings is 2. The Bertz CT molecular complexity index is 542. The number of ether oxygens (including phenoxy) is 1. The van der Waals surface area contributed by atoms with Crippen LogP contribution in [-0.4, -0.2) is 6.54 Å². The van der Waals surface area contributed by atoms with E-state index in [9.17, 15) is 4.39 Å². The molecule has 0 saturated heterocycles. The van der Waals surface area contributed by atoms with Crippen LogP contribution in [0.2, 0.25) is 0 Å². The molecular formula is C17H20FNO.